The van der Waals surface area contributed by atoms with Crippen LogP contribution in [0.3, 0.4) is 0 Å². The molecule has 0 radical (unpaired) electrons. The van der Waals surface area contributed by atoms with Crippen molar-refractivity contribution in [2.24, 2.45) is 29.0 Å². The van der Waals surface area contributed by atoms with Gasteiger partial charge in [-0.1, -0.05) is 38.1 Å². The number of aliphatic hydroxyl groups excluding tert-OH is 1. The highest BCUT2D eigenvalue weighted by atomic mass is 32.2. The molecule has 1 fully saturated rings. The van der Waals surface area contributed by atoms with Gasteiger partial charge in [-0.3, -0.25) is 9.59 Å². The summed E-state index contributed by atoms with van der Waals surface area (Å²) in [6.45, 7) is 5.44. The Kier molecular flexibility index (Phi) is 7.52. The Hall–Kier alpha value is -2.40. The van der Waals surface area contributed by atoms with E-state index in [1.807, 2.05) is 38.1 Å². The Morgan fingerprint density at radius 3 is 2.15 bits per heavy atom. The first kappa shape index (κ1) is 25.2. The Labute approximate surface area is 197 Å². The second kappa shape index (κ2) is 9.84. The first-order chi connectivity index (χ1) is 15.4. The highest BCUT2D eigenvalue weighted by molar-refractivity contribution is 8.03. The van der Waals surface area contributed by atoms with Crippen LogP contribution >= 0.6 is 11.8 Å². The van der Waals surface area contributed by atoms with Crippen LogP contribution in [0.15, 0.2) is 34.9 Å². The second-order valence-corrected chi connectivity index (χ2v) is 10.5. The number of primary amides is 1. The number of rotatable bonds is 10. The maximum absolute atomic E-state index is 12.5. The molecule has 0 bridgehead atoms. The smallest absolute Gasteiger partial charge is 0.353 e. The van der Waals surface area contributed by atoms with E-state index >= 15 is 0 Å². The molecule has 2 aliphatic heterocycles. The number of carbonyl (C=O) groups is 3. The molecular formula is C23H32N4O5S. The van der Waals surface area contributed by atoms with Gasteiger partial charge in [-0.2, -0.15) is 0 Å². The zero-order valence-electron chi connectivity index (χ0n) is 19.0. The molecule has 1 aromatic carbocycles. The lowest BCUT2D eigenvalue weighted by Crippen LogP contribution is -2.63. The number of nitrogens with two attached hydrogens (primary N) is 3. The van der Waals surface area contributed by atoms with E-state index in [1.54, 1.807) is 6.92 Å². The molecule has 2 heterocycles. The van der Waals surface area contributed by atoms with Crippen molar-refractivity contribution in [3.8, 4) is 0 Å². The first-order valence-electron chi connectivity index (χ1n) is 11.0. The number of carboxylic acids is 1. The summed E-state index contributed by atoms with van der Waals surface area (Å²) in [4.78, 5) is 37.5. The van der Waals surface area contributed by atoms with Crippen molar-refractivity contribution in [1.29, 1.82) is 0 Å². The van der Waals surface area contributed by atoms with E-state index < -0.39 is 29.9 Å². The summed E-state index contributed by atoms with van der Waals surface area (Å²) in [6.07, 6.45) is -0.182. The van der Waals surface area contributed by atoms with Crippen molar-refractivity contribution in [1.82, 2.24) is 4.90 Å². The Bertz CT molecular complexity index is 964. The fraction of sp³-hybridized carbons (Fsp3) is 0.522. The van der Waals surface area contributed by atoms with Crippen molar-refractivity contribution in [2.75, 3.05) is 0 Å². The number of carboxylic acid groups (broad SMARTS) is 1. The minimum atomic E-state index is -1.14. The van der Waals surface area contributed by atoms with Crippen LogP contribution in [-0.4, -0.2) is 50.3 Å². The summed E-state index contributed by atoms with van der Waals surface area (Å²) in [7, 11) is 0. The molecule has 180 valence electrons. The third kappa shape index (κ3) is 4.93. The molecule has 2 amide bonds. The molecule has 2 aliphatic rings. The molecule has 1 unspecified atom stereocenters. The number of fused-ring (bicyclic) bond motifs is 1. The van der Waals surface area contributed by atoms with Gasteiger partial charge in [0.1, 0.15) is 5.70 Å². The van der Waals surface area contributed by atoms with E-state index in [-0.39, 0.29) is 41.3 Å². The molecule has 8 N–H and O–H groups in total. The van der Waals surface area contributed by atoms with Crippen molar-refractivity contribution in [3.63, 3.8) is 0 Å². The lowest BCUT2D eigenvalue weighted by atomic mass is 9.79. The molecule has 10 heteroatoms. The molecule has 0 aliphatic carbocycles. The molecule has 1 saturated heterocycles. The highest BCUT2D eigenvalue weighted by Crippen LogP contribution is 2.51. The van der Waals surface area contributed by atoms with Gasteiger partial charge in [0.15, 0.2) is 0 Å². The quantitative estimate of drug-likeness (QED) is 0.313. The molecule has 0 saturated carbocycles. The number of nitrogens with zero attached hydrogens (tertiary/aromatic N) is 1. The standard InChI is InChI=1S/C23H32N4O5S/c1-10(8-15(24)13-4-6-14(7-5-13)16(25)9-17(26)29)33-21-11(2)19-18(12(3)28)22(30)27(19)20(21)23(31)32/h4-7,10-12,15-16,18-19,28H,8-9,24-25H2,1-3H3,(H2,26,29)(H,31,32)/t10-,11-,12-,15-,16+,18-,19?/m1/s1. The first-order valence-corrected chi connectivity index (χ1v) is 11.9. The number of hydrogen-bond acceptors (Lipinski definition) is 7. The third-order valence-electron chi connectivity index (χ3n) is 6.44. The molecule has 3 rings (SSSR count). The average Bonchev–Trinajstić information content (AvgIpc) is 2.95. The van der Waals surface area contributed by atoms with Gasteiger partial charge in [0.25, 0.3) is 0 Å². The number of thioether (sulfide) groups is 1. The Morgan fingerprint density at radius 1 is 1.12 bits per heavy atom. The zero-order valence-corrected chi connectivity index (χ0v) is 19.8. The number of aliphatic hydroxyl groups is 1. The summed E-state index contributed by atoms with van der Waals surface area (Å²) in [5.41, 5.74) is 19.3. The lowest BCUT2D eigenvalue weighted by molar-refractivity contribution is -0.163. The van der Waals surface area contributed by atoms with Crippen LogP contribution in [-0.2, 0) is 14.4 Å². The number of benzene rings is 1. The van der Waals surface area contributed by atoms with E-state index in [0.29, 0.717) is 11.3 Å². The van der Waals surface area contributed by atoms with E-state index in [1.165, 1.54) is 16.7 Å². The molecule has 0 spiro atoms. The van der Waals surface area contributed by atoms with Crippen molar-refractivity contribution in [2.45, 2.75) is 63.1 Å². The predicted octanol–water partition coefficient (Wildman–Crippen LogP) is 1.23. The Morgan fingerprint density at radius 2 is 1.67 bits per heavy atom. The van der Waals surface area contributed by atoms with Crippen LogP contribution in [0.4, 0.5) is 0 Å². The average molecular weight is 477 g/mol. The van der Waals surface area contributed by atoms with Gasteiger partial charge in [-0.05, 0) is 24.5 Å². The SMILES string of the molecule is C[C@H](C[C@@H](N)c1ccc([C@@H](N)CC(N)=O)cc1)SC1=C(C(=O)O)N2C(=O)[C@H]([C@@H](C)O)C2[C@H]1C. The third-order valence-corrected chi connectivity index (χ3v) is 7.85. The molecule has 1 aromatic rings. The summed E-state index contributed by atoms with van der Waals surface area (Å²) >= 11 is 1.42. The summed E-state index contributed by atoms with van der Waals surface area (Å²) in [6, 6.07) is 6.32. The molecule has 9 nitrogen and oxygen atoms in total. The van der Waals surface area contributed by atoms with Crippen LogP contribution in [0.1, 0.15) is 56.8 Å². The van der Waals surface area contributed by atoms with Gasteiger partial charge in [0.2, 0.25) is 11.8 Å². The topological polar surface area (TPSA) is 173 Å². The van der Waals surface area contributed by atoms with Gasteiger partial charge in [-0.15, -0.1) is 11.8 Å². The van der Waals surface area contributed by atoms with Crippen LogP contribution in [0.2, 0.25) is 0 Å². The maximum Gasteiger partial charge on any atom is 0.353 e. The number of β-lactam (4-membered cyclic amide) rings is 1. The van der Waals surface area contributed by atoms with Crippen molar-refractivity contribution in [3.05, 3.63) is 46.0 Å². The van der Waals surface area contributed by atoms with Crippen LogP contribution < -0.4 is 17.2 Å². The van der Waals surface area contributed by atoms with E-state index in [4.69, 9.17) is 17.2 Å². The van der Waals surface area contributed by atoms with Crippen molar-refractivity contribution >= 4 is 29.5 Å². The van der Waals surface area contributed by atoms with Crippen molar-refractivity contribution < 1.29 is 24.6 Å². The van der Waals surface area contributed by atoms with Gasteiger partial charge >= 0.3 is 5.97 Å². The predicted molar refractivity (Wildman–Crippen MR) is 125 cm³/mol. The minimum absolute atomic E-state index is 0.0117. The fourth-order valence-corrected chi connectivity index (χ4v) is 6.15. The van der Waals surface area contributed by atoms with Gasteiger partial charge in [0, 0.05) is 34.6 Å². The Balaban J connectivity index is 1.68. The second-order valence-electron chi connectivity index (χ2n) is 8.99. The lowest BCUT2D eigenvalue weighted by Gasteiger charge is -2.46. The number of aliphatic carboxylic acids is 1. The highest BCUT2D eigenvalue weighted by Gasteiger charge is 2.60. The monoisotopic (exact) mass is 476 g/mol. The molecule has 7 atom stereocenters. The van der Waals surface area contributed by atoms with E-state index in [0.717, 1.165) is 11.1 Å². The van der Waals surface area contributed by atoms with Gasteiger partial charge < -0.3 is 32.3 Å². The fourth-order valence-electron chi connectivity index (χ4n) is 4.76. The largest absolute Gasteiger partial charge is 0.477 e. The van der Waals surface area contributed by atoms with Crippen LogP contribution in [0, 0.1) is 11.8 Å². The van der Waals surface area contributed by atoms with E-state index in [9.17, 15) is 24.6 Å². The van der Waals surface area contributed by atoms with Gasteiger partial charge in [0.05, 0.1) is 18.1 Å². The summed E-state index contributed by atoms with van der Waals surface area (Å²) in [5, 5.41) is 19.7. The van der Waals surface area contributed by atoms with Crippen LogP contribution in [0.25, 0.3) is 0 Å². The molecular weight excluding hydrogens is 444 g/mol. The normalized spacial score (nSPS) is 25.8. The molecule has 33 heavy (non-hydrogen) atoms. The van der Waals surface area contributed by atoms with Crippen LogP contribution in [0.5, 0.6) is 0 Å². The minimum Gasteiger partial charge on any atom is -0.477 e. The number of amides is 2. The van der Waals surface area contributed by atoms with Gasteiger partial charge in [-0.25, -0.2) is 4.79 Å². The number of carbonyl (C=O) groups excluding carboxylic acids is 2. The maximum atomic E-state index is 12.5. The molecule has 0 aromatic heterocycles. The summed E-state index contributed by atoms with van der Waals surface area (Å²) < 4.78 is 0. The number of hydrogen-bond donors (Lipinski definition) is 5. The van der Waals surface area contributed by atoms with E-state index in [2.05, 4.69) is 0 Å². The summed E-state index contributed by atoms with van der Waals surface area (Å²) in [5.74, 6) is -2.69. The zero-order chi connectivity index (χ0) is 24.6.